The van der Waals surface area contributed by atoms with Crippen molar-refractivity contribution in [2.45, 2.75) is 70.3 Å². The maximum Gasteiger partial charge on any atom is -0.147 e. The molecule has 24 heavy (non-hydrogen) atoms. The van der Waals surface area contributed by atoms with Gasteiger partial charge in [0.15, 0.2) is 0 Å². The first-order chi connectivity index (χ1) is 10.3. The largest absolute Gasteiger partial charge is 0.147 e. The second-order valence-electron chi connectivity index (χ2n) is 7.93. The average molecular weight is 423 g/mol. The third kappa shape index (κ3) is 3.91. The number of allylic oxidation sites excluding steroid dienone is 8. The minimum absolute atomic E-state index is 0. The number of halogens is 2. The monoisotopic (exact) mass is 422 g/mol. The first-order valence-corrected chi connectivity index (χ1v) is 17.9. The van der Waals surface area contributed by atoms with Crippen molar-refractivity contribution in [1.29, 1.82) is 0 Å². The second-order valence-corrected chi connectivity index (χ2v) is 26.9. The summed E-state index contributed by atoms with van der Waals surface area (Å²) in [5.41, 5.74) is 5.26. The summed E-state index contributed by atoms with van der Waals surface area (Å²) in [5, 5.41) is 5.35. The van der Waals surface area contributed by atoms with Crippen molar-refractivity contribution in [1.82, 2.24) is 0 Å². The fraction of sp³-hybridized carbons (Fsp3) is 0.600. The van der Waals surface area contributed by atoms with Gasteiger partial charge in [0.05, 0.1) is 0 Å². The van der Waals surface area contributed by atoms with E-state index in [1.165, 1.54) is 32.1 Å². The molecule has 0 radical (unpaired) electrons. The van der Waals surface area contributed by atoms with Crippen LogP contribution in [0.15, 0.2) is 42.7 Å². The fourth-order valence-electron chi connectivity index (χ4n) is 4.96. The van der Waals surface area contributed by atoms with Gasteiger partial charge in [-0.2, -0.15) is 0 Å². The molecule has 2 aliphatic rings. The summed E-state index contributed by atoms with van der Waals surface area (Å²) in [6.45, 7) is 9.51. The molecule has 0 fully saturated rings. The normalized spacial score (nSPS) is 21.0. The molecular weight excluding hydrogens is 387 g/mol. The summed E-state index contributed by atoms with van der Waals surface area (Å²) < 4.78 is 3.70. The molecule has 0 aromatic carbocycles. The summed E-state index contributed by atoms with van der Waals surface area (Å²) in [6.07, 6.45) is 13.3. The molecule has 0 aromatic rings. The van der Waals surface area contributed by atoms with Crippen LogP contribution in [0.2, 0.25) is 10.5 Å². The van der Waals surface area contributed by atoms with Crippen molar-refractivity contribution in [3.63, 3.8) is 0 Å². The van der Waals surface area contributed by atoms with E-state index in [1.807, 2.05) is 3.88 Å². The molecule has 1 atom stereocenters. The summed E-state index contributed by atoms with van der Waals surface area (Å²) in [4.78, 5) is 0. The van der Waals surface area contributed by atoms with Gasteiger partial charge in [-0.25, -0.2) is 0 Å². The zero-order valence-electron chi connectivity index (χ0n) is 16.4. The van der Waals surface area contributed by atoms with Gasteiger partial charge in [0, 0.05) is 0 Å². The van der Waals surface area contributed by atoms with Crippen LogP contribution in [0.5, 0.6) is 0 Å². The molecule has 0 saturated heterocycles. The first kappa shape index (κ1) is 24.5. The van der Waals surface area contributed by atoms with E-state index >= 15 is 0 Å². The predicted molar refractivity (Wildman–Crippen MR) is 115 cm³/mol. The van der Waals surface area contributed by atoms with E-state index in [0.717, 1.165) is 5.92 Å². The Morgan fingerprint density at radius 3 is 1.96 bits per heavy atom. The van der Waals surface area contributed by atoms with Crippen LogP contribution in [-0.4, -0.2) is 7.63 Å². The third-order valence-electron chi connectivity index (χ3n) is 6.01. The van der Waals surface area contributed by atoms with Crippen LogP contribution >= 0.6 is 24.8 Å². The van der Waals surface area contributed by atoms with Crippen LogP contribution in [0.3, 0.4) is 0 Å². The first-order valence-electron chi connectivity index (χ1n) is 9.20. The zero-order chi connectivity index (χ0) is 16.6. The van der Waals surface area contributed by atoms with Crippen molar-refractivity contribution in [3.05, 3.63) is 42.7 Å². The molecule has 0 amide bonds. The Labute approximate surface area is 164 Å². The summed E-state index contributed by atoms with van der Waals surface area (Å²) in [7, 11) is 2.40. The maximum atomic E-state index is 2.67. The van der Waals surface area contributed by atoms with Crippen molar-refractivity contribution < 1.29 is 14.0 Å². The van der Waals surface area contributed by atoms with Crippen LogP contribution in [0.1, 0.15) is 59.8 Å². The molecule has 0 N–H and O–H groups in total. The Balaban J connectivity index is 0.00000264. The Kier molecular flexibility index (Phi) is 9.09. The van der Waals surface area contributed by atoms with E-state index in [-0.39, 0.29) is 24.8 Å². The number of rotatable bonds is 6. The third-order valence-corrected chi connectivity index (χ3v) is 17.0. The zero-order valence-corrected chi connectivity index (χ0v) is 21.0. The molecule has 0 bridgehead atoms. The molecule has 2 aliphatic carbocycles. The van der Waals surface area contributed by atoms with Crippen molar-refractivity contribution in [2.75, 3.05) is 0 Å². The molecule has 0 saturated carbocycles. The standard InChI is InChI=1S/C13H21.C5H5.2CH3.2ClH.H2Si.Ti/c1-5-10-9-11(6-2)13(8-4)12(10)7-3;1-2-4-5-3-1;;;;;;/h10H,5-8H2,1-4H3;1-3H,4H2;2*1H3;2*1H;1H2;. The van der Waals surface area contributed by atoms with Crippen molar-refractivity contribution >= 4 is 32.4 Å². The van der Waals surface area contributed by atoms with Crippen LogP contribution in [0.4, 0.5) is 0 Å². The Morgan fingerprint density at radius 2 is 1.58 bits per heavy atom. The van der Waals surface area contributed by atoms with Crippen LogP contribution in [0.25, 0.3) is 0 Å². The molecule has 4 heteroatoms. The van der Waals surface area contributed by atoms with E-state index < -0.39 is 14.0 Å². The summed E-state index contributed by atoms with van der Waals surface area (Å²) in [6, 6.07) is 0. The van der Waals surface area contributed by atoms with Gasteiger partial charge in [-0.1, -0.05) is 0 Å². The summed E-state index contributed by atoms with van der Waals surface area (Å²) in [5.74, 6) is 0.737. The van der Waals surface area contributed by atoms with Gasteiger partial charge in [-0.3, -0.25) is 0 Å². The van der Waals surface area contributed by atoms with E-state index in [9.17, 15) is 0 Å². The van der Waals surface area contributed by atoms with E-state index in [1.54, 1.807) is 20.6 Å². The second kappa shape index (κ2) is 8.91. The van der Waals surface area contributed by atoms with Crippen LogP contribution in [0, 0.1) is 5.92 Å². The van der Waals surface area contributed by atoms with Crippen molar-refractivity contribution in [3.8, 4) is 0 Å². The Bertz CT molecular complexity index is 659. The maximum absolute atomic E-state index is 2.75. The van der Waals surface area contributed by atoms with Gasteiger partial charge >= 0.3 is 141 Å². The Morgan fingerprint density at radius 1 is 1.00 bits per heavy atom. The number of hydrogen-bond acceptors (Lipinski definition) is 0. The molecule has 0 spiro atoms. The van der Waals surface area contributed by atoms with E-state index in [2.05, 4.69) is 64.0 Å². The van der Waals surface area contributed by atoms with Gasteiger partial charge in [-0.15, -0.1) is 24.8 Å². The average Bonchev–Trinajstić information content (AvgIpc) is 3.11. The minimum Gasteiger partial charge on any atom is -0.147 e. The molecular formula is C20H36Cl2SiTi. The van der Waals surface area contributed by atoms with Gasteiger partial charge in [0.1, 0.15) is 0 Å². The SMILES string of the molecule is CCC1=C(CC)C(CC)[C]([Ti]([CH3])([CH3])(=[SiH2])[C]2=CC=CC2)=C1CC.Cl.Cl. The topological polar surface area (TPSA) is 0 Å². The Hall–Kier alpha value is 0.471. The molecule has 138 valence electrons. The molecule has 0 aromatic heterocycles. The molecule has 1 unspecified atom stereocenters. The van der Waals surface area contributed by atoms with Crippen LogP contribution in [-0.2, 0) is 14.0 Å². The van der Waals surface area contributed by atoms with Crippen molar-refractivity contribution in [2.24, 2.45) is 5.92 Å². The van der Waals surface area contributed by atoms with E-state index in [4.69, 9.17) is 0 Å². The smallest absolute Gasteiger partial charge is 0.147 e. The molecule has 0 nitrogen and oxygen atoms in total. The minimum atomic E-state index is -2.75. The molecule has 2 rings (SSSR count). The van der Waals surface area contributed by atoms with Gasteiger partial charge in [0.25, 0.3) is 0 Å². The fourth-order valence-corrected chi connectivity index (χ4v) is 15.0. The van der Waals surface area contributed by atoms with Gasteiger partial charge in [0.2, 0.25) is 0 Å². The summed E-state index contributed by atoms with van der Waals surface area (Å²) >= 11 is -2.75. The quantitative estimate of drug-likeness (QED) is 0.411. The van der Waals surface area contributed by atoms with Crippen LogP contribution < -0.4 is 0 Å². The molecule has 0 aliphatic heterocycles. The van der Waals surface area contributed by atoms with Gasteiger partial charge < -0.3 is 0 Å². The molecule has 0 heterocycles. The van der Waals surface area contributed by atoms with E-state index in [0.29, 0.717) is 0 Å². The van der Waals surface area contributed by atoms with Gasteiger partial charge in [-0.05, 0) is 0 Å². The predicted octanol–water partition coefficient (Wildman–Crippen LogP) is 6.83. The number of hydrogen-bond donors (Lipinski definition) is 0.